The van der Waals surface area contributed by atoms with Gasteiger partial charge < -0.3 is 15.2 Å². The Hall–Kier alpha value is -1.13. The first kappa shape index (κ1) is 14.9. The molecule has 0 aromatic carbocycles. The zero-order valence-corrected chi connectivity index (χ0v) is 11.4. The Morgan fingerprint density at radius 1 is 1.33 bits per heavy atom. The molecule has 1 aromatic heterocycles. The van der Waals surface area contributed by atoms with E-state index >= 15 is 0 Å². The number of hydrogen-bond donors (Lipinski definition) is 2. The lowest BCUT2D eigenvalue weighted by Gasteiger charge is -2.13. The molecular formula is C14H24N2O2. The average molecular weight is 252 g/mol. The van der Waals surface area contributed by atoms with Gasteiger partial charge in [-0.3, -0.25) is 0 Å². The Balaban J connectivity index is 2.32. The number of ether oxygens (including phenoxy) is 1. The number of nitrogens with one attached hydrogen (secondary N) is 1. The van der Waals surface area contributed by atoms with E-state index in [0.29, 0.717) is 0 Å². The number of pyridine rings is 1. The minimum Gasteiger partial charge on any atom is -0.475 e. The maximum Gasteiger partial charge on any atom is 0.218 e. The van der Waals surface area contributed by atoms with Crippen LogP contribution in [0.5, 0.6) is 5.88 Å². The Morgan fingerprint density at radius 3 is 2.89 bits per heavy atom. The summed E-state index contributed by atoms with van der Waals surface area (Å²) in [4.78, 5) is 4.25. The average Bonchev–Trinajstić information content (AvgIpc) is 2.35. The summed E-state index contributed by atoms with van der Waals surface area (Å²) >= 11 is 0. The SMILES string of the molecule is CC(C)Oc1ncccc1CNCCCCCO. The first-order valence-electron chi connectivity index (χ1n) is 6.66. The molecule has 0 saturated heterocycles. The van der Waals surface area contributed by atoms with Gasteiger partial charge in [-0.2, -0.15) is 0 Å². The van der Waals surface area contributed by atoms with Crippen LogP contribution in [0.3, 0.4) is 0 Å². The summed E-state index contributed by atoms with van der Waals surface area (Å²) in [5.41, 5.74) is 1.09. The van der Waals surface area contributed by atoms with Gasteiger partial charge in [0.2, 0.25) is 5.88 Å². The topological polar surface area (TPSA) is 54.4 Å². The van der Waals surface area contributed by atoms with Crippen LogP contribution in [0.4, 0.5) is 0 Å². The number of unbranched alkanes of at least 4 members (excludes halogenated alkanes) is 2. The first-order valence-corrected chi connectivity index (χ1v) is 6.66. The van der Waals surface area contributed by atoms with Crippen molar-refractivity contribution < 1.29 is 9.84 Å². The van der Waals surface area contributed by atoms with Crippen molar-refractivity contribution in [2.24, 2.45) is 0 Å². The van der Waals surface area contributed by atoms with Gasteiger partial charge in [-0.1, -0.05) is 6.07 Å². The minimum atomic E-state index is 0.142. The molecule has 2 N–H and O–H groups in total. The molecule has 4 nitrogen and oxygen atoms in total. The molecule has 0 spiro atoms. The molecule has 0 atom stereocenters. The summed E-state index contributed by atoms with van der Waals surface area (Å²) in [6.45, 7) is 6.02. The summed E-state index contributed by atoms with van der Waals surface area (Å²) < 4.78 is 5.66. The van der Waals surface area contributed by atoms with Crippen molar-refractivity contribution in [1.29, 1.82) is 0 Å². The fourth-order valence-corrected chi connectivity index (χ4v) is 1.65. The van der Waals surface area contributed by atoms with Gasteiger partial charge in [0.1, 0.15) is 0 Å². The molecule has 0 aliphatic rings. The molecule has 18 heavy (non-hydrogen) atoms. The van der Waals surface area contributed by atoms with Crippen LogP contribution >= 0.6 is 0 Å². The third-order valence-electron chi connectivity index (χ3n) is 2.52. The van der Waals surface area contributed by atoms with E-state index < -0.39 is 0 Å². The molecule has 102 valence electrons. The Bertz CT molecular complexity index is 329. The van der Waals surface area contributed by atoms with Crippen molar-refractivity contribution in [3.05, 3.63) is 23.9 Å². The fraction of sp³-hybridized carbons (Fsp3) is 0.643. The van der Waals surface area contributed by atoms with Crippen LogP contribution in [0.2, 0.25) is 0 Å². The van der Waals surface area contributed by atoms with Crippen LogP contribution < -0.4 is 10.1 Å². The lowest BCUT2D eigenvalue weighted by Crippen LogP contribution is -2.17. The van der Waals surface area contributed by atoms with Crippen molar-refractivity contribution in [2.75, 3.05) is 13.2 Å². The van der Waals surface area contributed by atoms with Crippen molar-refractivity contribution in [1.82, 2.24) is 10.3 Å². The van der Waals surface area contributed by atoms with Gasteiger partial charge in [0.05, 0.1) is 6.10 Å². The second-order valence-electron chi connectivity index (χ2n) is 4.60. The van der Waals surface area contributed by atoms with Gasteiger partial charge in [0.15, 0.2) is 0 Å². The normalized spacial score (nSPS) is 10.9. The largest absolute Gasteiger partial charge is 0.475 e. The van der Waals surface area contributed by atoms with Crippen LogP contribution in [0.1, 0.15) is 38.7 Å². The lowest BCUT2D eigenvalue weighted by molar-refractivity contribution is 0.229. The Kier molecular flexibility index (Phi) is 7.37. The second kappa shape index (κ2) is 8.89. The summed E-state index contributed by atoms with van der Waals surface area (Å²) in [7, 11) is 0. The maximum absolute atomic E-state index is 8.68. The standard InChI is InChI=1S/C14H24N2O2/c1-12(2)18-14-13(7-6-9-16-14)11-15-8-4-3-5-10-17/h6-7,9,12,15,17H,3-5,8,10-11H2,1-2H3. The molecule has 0 saturated carbocycles. The summed E-state index contributed by atoms with van der Waals surface area (Å²) in [6.07, 6.45) is 4.93. The highest BCUT2D eigenvalue weighted by Gasteiger charge is 2.05. The van der Waals surface area contributed by atoms with Gasteiger partial charge >= 0.3 is 0 Å². The molecule has 4 heteroatoms. The monoisotopic (exact) mass is 252 g/mol. The van der Waals surface area contributed by atoms with E-state index in [2.05, 4.69) is 10.3 Å². The van der Waals surface area contributed by atoms with E-state index in [1.807, 2.05) is 26.0 Å². The Labute approximate surface area is 109 Å². The molecule has 0 bridgehead atoms. The van der Waals surface area contributed by atoms with Gasteiger partial charge in [-0.15, -0.1) is 0 Å². The van der Waals surface area contributed by atoms with Gasteiger partial charge in [0, 0.05) is 24.9 Å². The smallest absolute Gasteiger partial charge is 0.218 e. The highest BCUT2D eigenvalue weighted by molar-refractivity contribution is 5.25. The molecule has 0 amide bonds. The van der Waals surface area contributed by atoms with Gasteiger partial charge in [0.25, 0.3) is 0 Å². The van der Waals surface area contributed by atoms with E-state index in [0.717, 1.165) is 43.8 Å². The zero-order chi connectivity index (χ0) is 13.2. The highest BCUT2D eigenvalue weighted by atomic mass is 16.5. The first-order chi connectivity index (χ1) is 8.74. The van der Waals surface area contributed by atoms with Crippen LogP contribution in [0.15, 0.2) is 18.3 Å². The van der Waals surface area contributed by atoms with E-state index in [9.17, 15) is 0 Å². The predicted octanol–water partition coefficient (Wildman–Crippen LogP) is 2.12. The third-order valence-corrected chi connectivity index (χ3v) is 2.52. The minimum absolute atomic E-state index is 0.142. The van der Waals surface area contributed by atoms with Crippen molar-refractivity contribution in [3.63, 3.8) is 0 Å². The molecule has 1 aromatic rings. The van der Waals surface area contributed by atoms with E-state index in [4.69, 9.17) is 9.84 Å². The van der Waals surface area contributed by atoms with Crippen LogP contribution in [0.25, 0.3) is 0 Å². The summed E-state index contributed by atoms with van der Waals surface area (Å²) in [6, 6.07) is 3.96. The Morgan fingerprint density at radius 2 is 2.17 bits per heavy atom. The van der Waals surface area contributed by atoms with Crippen LogP contribution in [-0.4, -0.2) is 29.3 Å². The predicted molar refractivity (Wildman–Crippen MR) is 72.6 cm³/mol. The summed E-state index contributed by atoms with van der Waals surface area (Å²) in [5, 5.41) is 12.0. The van der Waals surface area contributed by atoms with E-state index in [-0.39, 0.29) is 12.7 Å². The van der Waals surface area contributed by atoms with E-state index in [1.54, 1.807) is 6.20 Å². The van der Waals surface area contributed by atoms with E-state index in [1.165, 1.54) is 0 Å². The summed E-state index contributed by atoms with van der Waals surface area (Å²) in [5.74, 6) is 0.718. The highest BCUT2D eigenvalue weighted by Crippen LogP contribution is 2.15. The number of aliphatic hydroxyl groups is 1. The molecule has 0 aliphatic carbocycles. The zero-order valence-electron chi connectivity index (χ0n) is 11.4. The fourth-order valence-electron chi connectivity index (χ4n) is 1.65. The molecular weight excluding hydrogens is 228 g/mol. The molecule has 0 radical (unpaired) electrons. The molecule has 0 fully saturated rings. The van der Waals surface area contributed by atoms with Gasteiger partial charge in [-0.05, 0) is 45.7 Å². The van der Waals surface area contributed by atoms with Crippen molar-refractivity contribution in [2.45, 2.75) is 45.8 Å². The molecule has 1 rings (SSSR count). The van der Waals surface area contributed by atoms with Crippen LogP contribution in [-0.2, 0) is 6.54 Å². The van der Waals surface area contributed by atoms with Gasteiger partial charge in [-0.25, -0.2) is 4.98 Å². The molecule has 0 aliphatic heterocycles. The van der Waals surface area contributed by atoms with Crippen molar-refractivity contribution >= 4 is 0 Å². The lowest BCUT2D eigenvalue weighted by atomic mass is 10.2. The maximum atomic E-state index is 8.68. The van der Waals surface area contributed by atoms with Crippen molar-refractivity contribution in [3.8, 4) is 5.88 Å². The molecule has 0 unspecified atom stereocenters. The third kappa shape index (κ3) is 5.98. The number of aliphatic hydroxyl groups excluding tert-OH is 1. The number of hydrogen-bond acceptors (Lipinski definition) is 4. The molecule has 1 heterocycles. The second-order valence-corrected chi connectivity index (χ2v) is 4.60. The quantitative estimate of drug-likeness (QED) is 0.661. The van der Waals surface area contributed by atoms with Crippen LogP contribution in [0, 0.1) is 0 Å². The number of nitrogens with zero attached hydrogens (tertiary/aromatic N) is 1. The number of aromatic nitrogens is 1. The number of rotatable bonds is 9.